The van der Waals surface area contributed by atoms with Crippen molar-refractivity contribution in [3.63, 3.8) is 0 Å². The summed E-state index contributed by atoms with van der Waals surface area (Å²) in [5.74, 6) is 0.149. The van der Waals surface area contributed by atoms with E-state index in [1.165, 1.54) is 0 Å². The summed E-state index contributed by atoms with van der Waals surface area (Å²) >= 11 is 4.12. The first-order chi connectivity index (χ1) is 10.6. The van der Waals surface area contributed by atoms with Crippen LogP contribution < -0.4 is 0 Å². The predicted molar refractivity (Wildman–Crippen MR) is 90.7 cm³/mol. The third-order valence-electron chi connectivity index (χ3n) is 3.39. The average molecular weight is 332 g/mol. The largest absolute Gasteiger partial charge is 0.317 e. The number of rotatable bonds is 4. The Morgan fingerprint density at radius 2 is 1.68 bits per heavy atom. The van der Waals surface area contributed by atoms with Crippen LogP contribution in [-0.2, 0) is 16.8 Å². The first kappa shape index (κ1) is 15.0. The van der Waals surface area contributed by atoms with E-state index in [4.69, 9.17) is 16.2 Å². The Labute approximate surface area is 136 Å². The predicted octanol–water partition coefficient (Wildman–Crippen LogP) is 4.52. The van der Waals surface area contributed by atoms with Crippen LogP contribution in [0.15, 0.2) is 66.9 Å². The second-order valence-electron chi connectivity index (χ2n) is 4.90. The Morgan fingerprint density at radius 3 is 2.32 bits per heavy atom. The van der Waals surface area contributed by atoms with Gasteiger partial charge in [0.2, 0.25) is 0 Å². The first-order valence-electron chi connectivity index (χ1n) is 6.73. The van der Waals surface area contributed by atoms with Gasteiger partial charge in [0.25, 0.3) is 0 Å². The molecule has 1 N–H and O–H groups in total. The number of hydrogen-bond donors (Lipinski definition) is 1. The van der Waals surface area contributed by atoms with Gasteiger partial charge in [-0.2, -0.15) is 0 Å². The van der Waals surface area contributed by atoms with E-state index in [0.29, 0.717) is 5.02 Å². The molecule has 1 atom stereocenters. The van der Waals surface area contributed by atoms with Crippen LogP contribution in [0.1, 0.15) is 5.56 Å². The molecule has 22 heavy (non-hydrogen) atoms. The summed E-state index contributed by atoms with van der Waals surface area (Å²) in [7, 11) is 0. The maximum absolute atomic E-state index is 10.8. The summed E-state index contributed by atoms with van der Waals surface area (Å²) in [6.45, 7) is 0. The minimum Gasteiger partial charge on any atom is -0.317 e. The third-order valence-corrected chi connectivity index (χ3v) is 4.23. The third kappa shape index (κ3) is 3.30. The molecule has 5 heteroatoms. The van der Waals surface area contributed by atoms with Gasteiger partial charge in [-0.15, -0.1) is 0 Å². The second-order valence-corrected chi connectivity index (χ2v) is 6.27. The molecule has 0 aliphatic carbocycles. The van der Waals surface area contributed by atoms with Gasteiger partial charge < -0.3 is 9.12 Å². The lowest BCUT2D eigenvalue weighted by molar-refractivity contribution is 0.563. The van der Waals surface area contributed by atoms with Crippen LogP contribution in [0, 0.1) is 0 Å². The molecule has 0 aliphatic heterocycles. The molecule has 3 rings (SSSR count). The topological polar surface area (TPSA) is 42.2 Å². The molecule has 0 amide bonds. The van der Waals surface area contributed by atoms with Gasteiger partial charge in [-0.3, -0.25) is 0 Å². The van der Waals surface area contributed by atoms with Crippen molar-refractivity contribution in [2.45, 2.75) is 5.75 Å². The molecule has 3 aromatic rings. The molecule has 2 aromatic carbocycles. The van der Waals surface area contributed by atoms with Crippen molar-refractivity contribution in [1.29, 1.82) is 0 Å². The summed E-state index contributed by atoms with van der Waals surface area (Å²) in [6.07, 6.45) is 1.99. The van der Waals surface area contributed by atoms with Crippen molar-refractivity contribution in [2.75, 3.05) is 0 Å². The zero-order valence-corrected chi connectivity index (χ0v) is 13.2. The van der Waals surface area contributed by atoms with Gasteiger partial charge in [0.1, 0.15) is 0 Å². The lowest BCUT2D eigenvalue weighted by Crippen LogP contribution is -1.97. The van der Waals surface area contributed by atoms with Crippen molar-refractivity contribution < 1.29 is 8.76 Å². The van der Waals surface area contributed by atoms with E-state index >= 15 is 0 Å². The number of aromatic nitrogens is 1. The SMILES string of the molecule is O=S(O)Cc1ccc(-n2cccc2-c2ccc(Cl)cc2)cc1. The van der Waals surface area contributed by atoms with Crippen molar-refractivity contribution >= 4 is 22.7 Å². The molecule has 0 radical (unpaired) electrons. The quantitative estimate of drug-likeness (QED) is 0.714. The number of benzene rings is 2. The maximum Gasteiger partial charge on any atom is 0.157 e. The average Bonchev–Trinajstić information content (AvgIpc) is 2.97. The molecular weight excluding hydrogens is 318 g/mol. The van der Waals surface area contributed by atoms with Crippen LogP contribution in [0.4, 0.5) is 0 Å². The summed E-state index contributed by atoms with van der Waals surface area (Å²) in [5.41, 5.74) is 3.98. The summed E-state index contributed by atoms with van der Waals surface area (Å²) < 4.78 is 21.8. The number of nitrogens with zero attached hydrogens (tertiary/aromatic N) is 1. The fraction of sp³-hybridized carbons (Fsp3) is 0.0588. The zero-order chi connectivity index (χ0) is 15.5. The van der Waals surface area contributed by atoms with Gasteiger partial charge >= 0.3 is 0 Å². The van der Waals surface area contributed by atoms with Crippen molar-refractivity contribution in [1.82, 2.24) is 4.57 Å². The highest BCUT2D eigenvalue weighted by atomic mass is 35.5. The van der Waals surface area contributed by atoms with Crippen molar-refractivity contribution in [3.05, 3.63) is 77.4 Å². The van der Waals surface area contributed by atoms with E-state index in [9.17, 15) is 4.21 Å². The van der Waals surface area contributed by atoms with Crippen LogP contribution in [-0.4, -0.2) is 13.3 Å². The first-order valence-corrected chi connectivity index (χ1v) is 8.39. The van der Waals surface area contributed by atoms with Crippen molar-refractivity contribution in [2.24, 2.45) is 0 Å². The highest BCUT2D eigenvalue weighted by molar-refractivity contribution is 7.78. The fourth-order valence-electron chi connectivity index (χ4n) is 2.36. The summed E-state index contributed by atoms with van der Waals surface area (Å²) in [6, 6.07) is 19.4. The smallest absolute Gasteiger partial charge is 0.157 e. The maximum atomic E-state index is 10.8. The standard InChI is InChI=1S/C17H14ClNO2S/c18-15-7-5-14(6-8-15)17-2-1-11-19(17)16-9-3-13(4-10-16)12-22(20)21/h1-11H,12H2,(H,20,21). The Balaban J connectivity index is 1.94. The molecule has 112 valence electrons. The Hall–Kier alpha value is -1.88. The molecule has 3 nitrogen and oxygen atoms in total. The van der Waals surface area contributed by atoms with Gasteiger partial charge in [-0.05, 0) is 47.5 Å². The van der Waals surface area contributed by atoms with Gasteiger partial charge in [-0.25, -0.2) is 4.21 Å². The van der Waals surface area contributed by atoms with Gasteiger partial charge in [0.05, 0.1) is 11.4 Å². The molecular formula is C17H14ClNO2S. The van der Waals surface area contributed by atoms with Gasteiger partial charge in [0.15, 0.2) is 11.1 Å². The Bertz CT molecular complexity index is 794. The zero-order valence-electron chi connectivity index (χ0n) is 11.6. The molecule has 0 aliphatic rings. The molecule has 1 heterocycles. The minimum atomic E-state index is -1.82. The second kappa shape index (κ2) is 6.48. The highest BCUT2D eigenvalue weighted by Gasteiger charge is 2.06. The Kier molecular flexibility index (Phi) is 4.43. The molecule has 0 fully saturated rings. The van der Waals surface area contributed by atoms with E-state index in [1.807, 2.05) is 66.9 Å². The molecule has 1 aromatic heterocycles. The van der Waals surface area contributed by atoms with E-state index in [1.54, 1.807) is 0 Å². The normalized spacial score (nSPS) is 12.3. The Morgan fingerprint density at radius 1 is 1.00 bits per heavy atom. The van der Waals surface area contributed by atoms with Crippen molar-refractivity contribution in [3.8, 4) is 16.9 Å². The lowest BCUT2D eigenvalue weighted by Gasteiger charge is -2.10. The molecule has 0 saturated carbocycles. The van der Waals surface area contributed by atoms with Crippen LogP contribution in [0.25, 0.3) is 16.9 Å². The van der Waals surface area contributed by atoms with Gasteiger partial charge in [0, 0.05) is 16.9 Å². The van der Waals surface area contributed by atoms with E-state index in [-0.39, 0.29) is 5.75 Å². The monoisotopic (exact) mass is 331 g/mol. The van der Waals surface area contributed by atoms with E-state index in [0.717, 1.165) is 22.5 Å². The molecule has 0 bridgehead atoms. The fourth-order valence-corrected chi connectivity index (χ4v) is 2.96. The van der Waals surface area contributed by atoms with Gasteiger partial charge in [-0.1, -0.05) is 35.9 Å². The molecule has 0 spiro atoms. The summed E-state index contributed by atoms with van der Waals surface area (Å²) in [5, 5.41) is 0.711. The van der Waals surface area contributed by atoms with Crippen LogP contribution in [0.3, 0.4) is 0 Å². The lowest BCUT2D eigenvalue weighted by atomic mass is 10.1. The van der Waals surface area contributed by atoms with Crippen LogP contribution in [0.5, 0.6) is 0 Å². The van der Waals surface area contributed by atoms with E-state index < -0.39 is 11.1 Å². The highest BCUT2D eigenvalue weighted by Crippen LogP contribution is 2.25. The molecule has 1 unspecified atom stereocenters. The number of halogens is 1. The van der Waals surface area contributed by atoms with Crippen LogP contribution >= 0.6 is 11.6 Å². The van der Waals surface area contributed by atoms with Crippen LogP contribution in [0.2, 0.25) is 5.02 Å². The summed E-state index contributed by atoms with van der Waals surface area (Å²) in [4.78, 5) is 0. The van der Waals surface area contributed by atoms with E-state index in [2.05, 4.69) is 4.57 Å². The minimum absolute atomic E-state index is 0.149. The molecule has 0 saturated heterocycles. The number of hydrogen-bond acceptors (Lipinski definition) is 1.